The lowest BCUT2D eigenvalue weighted by atomic mass is 9.51. The van der Waals surface area contributed by atoms with Crippen molar-refractivity contribution >= 4 is 8.32 Å². The Morgan fingerprint density at radius 3 is 2.36 bits per heavy atom. The van der Waals surface area contributed by atoms with Gasteiger partial charge < -0.3 is 23.4 Å². The minimum atomic E-state index is -1.89. The number of hydrogen-bond donors (Lipinski definition) is 0. The Labute approximate surface area is 204 Å². The number of fused-ring (bicyclic) bond motifs is 1. The van der Waals surface area contributed by atoms with E-state index < -0.39 is 14.1 Å². The van der Waals surface area contributed by atoms with Gasteiger partial charge in [0, 0.05) is 32.7 Å². The molecule has 0 aromatic heterocycles. The van der Waals surface area contributed by atoms with Gasteiger partial charge >= 0.3 is 0 Å². The maximum Gasteiger partial charge on any atom is 0.191 e. The Morgan fingerprint density at radius 1 is 1.15 bits per heavy atom. The molecule has 0 amide bonds. The average molecular weight is 483 g/mol. The number of hydrogen-bond acceptors (Lipinski definition) is 5. The average Bonchev–Trinajstić information content (AvgIpc) is 3.25. The fourth-order valence-corrected chi connectivity index (χ4v) is 7.44. The van der Waals surface area contributed by atoms with E-state index in [1.165, 1.54) is 5.57 Å². The molecule has 1 aliphatic heterocycles. The highest BCUT2D eigenvalue weighted by Gasteiger charge is 2.65. The van der Waals surface area contributed by atoms with Crippen molar-refractivity contribution in [2.45, 2.75) is 91.6 Å². The summed E-state index contributed by atoms with van der Waals surface area (Å²) in [6.07, 6.45) is 5.67. The second-order valence-corrected chi connectivity index (χ2v) is 17.6. The number of methoxy groups -OCH3 is 1. The zero-order chi connectivity index (χ0) is 24.7. The molecule has 0 radical (unpaired) electrons. The Hall–Kier alpha value is -0.243. The molecular weight excluding hydrogens is 432 g/mol. The Balaban J connectivity index is 1.97. The minimum Gasteiger partial charge on any atom is -0.417 e. The zero-order valence-corrected chi connectivity index (χ0v) is 24.0. The van der Waals surface area contributed by atoms with Gasteiger partial charge in [-0.05, 0) is 60.6 Å². The molecule has 1 saturated heterocycles. The van der Waals surface area contributed by atoms with Crippen molar-refractivity contribution in [3.05, 3.63) is 11.6 Å². The summed E-state index contributed by atoms with van der Waals surface area (Å²) in [4.78, 5) is 0. The Bertz CT molecular complexity index is 704. The first kappa shape index (κ1) is 27.3. The molecule has 0 aromatic rings. The highest BCUT2D eigenvalue weighted by molar-refractivity contribution is 6.74. The van der Waals surface area contributed by atoms with Crippen LogP contribution in [0.15, 0.2) is 11.6 Å². The van der Waals surface area contributed by atoms with E-state index in [0.29, 0.717) is 31.8 Å². The van der Waals surface area contributed by atoms with Crippen LogP contribution in [-0.2, 0) is 23.4 Å². The van der Waals surface area contributed by atoms with Crippen LogP contribution < -0.4 is 0 Å². The summed E-state index contributed by atoms with van der Waals surface area (Å²) in [7, 11) is -0.213. The molecule has 1 saturated carbocycles. The van der Waals surface area contributed by atoms with Gasteiger partial charge in [-0.2, -0.15) is 0 Å². The van der Waals surface area contributed by atoms with E-state index in [-0.39, 0.29) is 21.8 Å². The third-order valence-corrected chi connectivity index (χ3v) is 14.3. The fourth-order valence-electron chi connectivity index (χ4n) is 6.41. The molecule has 0 bridgehead atoms. The van der Waals surface area contributed by atoms with Crippen molar-refractivity contribution in [3.8, 4) is 0 Å². The lowest BCUT2D eigenvalue weighted by Crippen LogP contribution is -2.59. The lowest BCUT2D eigenvalue weighted by molar-refractivity contribution is -0.264. The zero-order valence-electron chi connectivity index (χ0n) is 23.0. The summed E-state index contributed by atoms with van der Waals surface area (Å²) in [6.45, 7) is 24.4. The van der Waals surface area contributed by atoms with Gasteiger partial charge in [0.25, 0.3) is 0 Å². The molecule has 2 fully saturated rings. The molecule has 3 rings (SSSR count). The van der Waals surface area contributed by atoms with Crippen molar-refractivity contribution in [3.63, 3.8) is 0 Å². The second kappa shape index (κ2) is 9.66. The van der Waals surface area contributed by atoms with Crippen LogP contribution >= 0.6 is 0 Å². The topological polar surface area (TPSA) is 46.2 Å². The van der Waals surface area contributed by atoms with E-state index in [4.69, 9.17) is 23.4 Å². The second-order valence-electron chi connectivity index (χ2n) is 12.8. The van der Waals surface area contributed by atoms with Crippen molar-refractivity contribution in [1.29, 1.82) is 0 Å². The Kier molecular flexibility index (Phi) is 8.01. The molecule has 1 spiro atoms. The first-order chi connectivity index (χ1) is 15.2. The number of rotatable bonds is 9. The number of ether oxygens (including phenoxy) is 4. The maximum absolute atomic E-state index is 6.94. The molecule has 192 valence electrons. The smallest absolute Gasteiger partial charge is 0.191 e. The third kappa shape index (κ3) is 4.90. The van der Waals surface area contributed by atoms with Crippen molar-refractivity contribution < 1.29 is 23.4 Å². The molecule has 2 aliphatic carbocycles. The summed E-state index contributed by atoms with van der Waals surface area (Å²) in [5.74, 6) is 0.564. The monoisotopic (exact) mass is 482 g/mol. The highest BCUT2D eigenvalue weighted by Crippen LogP contribution is 2.67. The predicted molar refractivity (Wildman–Crippen MR) is 136 cm³/mol. The largest absolute Gasteiger partial charge is 0.417 e. The fraction of sp³-hybridized carbons (Fsp3) is 0.926. The van der Waals surface area contributed by atoms with Crippen LogP contribution in [0.5, 0.6) is 0 Å². The van der Waals surface area contributed by atoms with E-state index >= 15 is 0 Å². The summed E-state index contributed by atoms with van der Waals surface area (Å²) >= 11 is 0. The van der Waals surface area contributed by atoms with Crippen LogP contribution in [0.3, 0.4) is 0 Å². The molecule has 3 aliphatic rings. The van der Waals surface area contributed by atoms with Crippen molar-refractivity contribution in [1.82, 2.24) is 0 Å². The first-order valence-corrected chi connectivity index (χ1v) is 15.8. The van der Waals surface area contributed by atoms with E-state index in [1.807, 2.05) is 0 Å². The molecular formula is C27H50O5Si. The van der Waals surface area contributed by atoms with Crippen LogP contribution in [-0.4, -0.2) is 54.4 Å². The molecule has 1 heterocycles. The van der Waals surface area contributed by atoms with Gasteiger partial charge in [-0.1, -0.05) is 53.2 Å². The van der Waals surface area contributed by atoms with Crippen molar-refractivity contribution in [2.75, 3.05) is 40.3 Å². The molecule has 4 atom stereocenters. The Morgan fingerprint density at radius 2 is 1.79 bits per heavy atom. The SMILES string of the molecule is COCOCCC[C@@]12C=C(C)C(C)(C)[C@@H]1CC1(OCCO1)[C@H](C)[C@@H]2CO[Si](C)(C)C(C)(C)C. The lowest BCUT2D eigenvalue weighted by Gasteiger charge is -2.58. The van der Waals surface area contributed by atoms with Crippen LogP contribution in [0.1, 0.15) is 67.7 Å². The molecule has 0 aromatic carbocycles. The van der Waals surface area contributed by atoms with Crippen LogP contribution in [0.2, 0.25) is 18.1 Å². The van der Waals surface area contributed by atoms with Gasteiger partial charge in [-0.3, -0.25) is 0 Å². The van der Waals surface area contributed by atoms with Crippen LogP contribution in [0.4, 0.5) is 0 Å². The minimum absolute atomic E-state index is 0.0619. The third-order valence-electron chi connectivity index (χ3n) is 9.80. The highest BCUT2D eigenvalue weighted by atomic mass is 28.4. The van der Waals surface area contributed by atoms with E-state index in [2.05, 4.69) is 67.6 Å². The quantitative estimate of drug-likeness (QED) is 0.165. The normalized spacial score (nSPS) is 33.4. The summed E-state index contributed by atoms with van der Waals surface area (Å²) < 4.78 is 30.6. The van der Waals surface area contributed by atoms with Gasteiger partial charge in [0.1, 0.15) is 6.79 Å². The maximum atomic E-state index is 6.94. The summed E-state index contributed by atoms with van der Waals surface area (Å²) in [5.41, 5.74) is 1.65. The van der Waals surface area contributed by atoms with E-state index in [9.17, 15) is 0 Å². The van der Waals surface area contributed by atoms with E-state index in [1.54, 1.807) is 7.11 Å². The molecule has 6 heteroatoms. The van der Waals surface area contributed by atoms with Gasteiger partial charge in [0.05, 0.1) is 13.2 Å². The first-order valence-electron chi connectivity index (χ1n) is 12.9. The summed E-state index contributed by atoms with van der Waals surface area (Å²) in [5, 5.41) is 0.185. The van der Waals surface area contributed by atoms with Gasteiger partial charge in [-0.15, -0.1) is 0 Å². The van der Waals surface area contributed by atoms with Crippen molar-refractivity contribution in [2.24, 2.45) is 28.6 Å². The molecule has 33 heavy (non-hydrogen) atoms. The van der Waals surface area contributed by atoms with Gasteiger partial charge in [-0.25, -0.2) is 0 Å². The van der Waals surface area contributed by atoms with Crippen LogP contribution in [0.25, 0.3) is 0 Å². The van der Waals surface area contributed by atoms with Crippen LogP contribution in [0, 0.1) is 28.6 Å². The summed E-state index contributed by atoms with van der Waals surface area (Å²) in [6, 6.07) is 0. The molecule has 5 nitrogen and oxygen atoms in total. The molecule has 0 unspecified atom stereocenters. The van der Waals surface area contributed by atoms with E-state index in [0.717, 1.165) is 32.5 Å². The molecule has 0 N–H and O–H groups in total. The number of allylic oxidation sites excluding steroid dienone is 2. The standard InChI is InChI=1S/C27H50O5Si/c1-20-16-26(12-11-13-29-19-28-8)22(18-32-33(9,10)24(3,4)5)21(2)27(30-14-15-31-27)17-23(26)25(20,6)7/h16,21-23H,11-15,17-19H2,1-10H3/t21-,22+,23+,26+/m1/s1. The van der Waals surface area contributed by atoms with Gasteiger partial charge in [0.2, 0.25) is 0 Å². The van der Waals surface area contributed by atoms with Gasteiger partial charge in [0.15, 0.2) is 14.1 Å². The predicted octanol–water partition coefficient (Wildman–Crippen LogP) is 6.40.